The molecule has 2 heterocycles. The minimum absolute atomic E-state index is 0.0726. The number of piperidine rings is 1. The first kappa shape index (κ1) is 27.6. The van der Waals surface area contributed by atoms with Crippen molar-refractivity contribution in [2.75, 3.05) is 18.0 Å². The van der Waals surface area contributed by atoms with Gasteiger partial charge < -0.3 is 10.0 Å². The molecule has 1 aliphatic carbocycles. The third-order valence-corrected chi connectivity index (χ3v) is 9.97. The second-order valence-electron chi connectivity index (χ2n) is 11.8. The minimum Gasteiger partial charge on any atom is -0.481 e. The van der Waals surface area contributed by atoms with Crippen molar-refractivity contribution >= 4 is 34.9 Å². The minimum atomic E-state index is -0.790. The lowest BCUT2D eigenvalue weighted by molar-refractivity contribution is -0.136. The van der Waals surface area contributed by atoms with Crippen molar-refractivity contribution in [2.24, 2.45) is 17.8 Å². The summed E-state index contributed by atoms with van der Waals surface area (Å²) < 4.78 is 0. The molecule has 7 heteroatoms. The van der Waals surface area contributed by atoms with Crippen LogP contribution in [0.1, 0.15) is 54.7 Å². The van der Waals surface area contributed by atoms with Gasteiger partial charge in [-0.25, -0.2) is 0 Å². The van der Waals surface area contributed by atoms with Gasteiger partial charge in [-0.3, -0.25) is 15.6 Å². The van der Waals surface area contributed by atoms with Gasteiger partial charge in [-0.2, -0.15) is 0 Å². The van der Waals surface area contributed by atoms with Crippen LogP contribution in [0.25, 0.3) is 0 Å². The molecule has 2 aliphatic heterocycles. The van der Waals surface area contributed by atoms with Crippen molar-refractivity contribution in [3.63, 3.8) is 0 Å². The summed E-state index contributed by atoms with van der Waals surface area (Å²) in [6, 6.07) is 25.9. The van der Waals surface area contributed by atoms with Gasteiger partial charge in [0.2, 0.25) is 0 Å². The third-order valence-electron chi connectivity index (χ3n) is 9.47. The number of anilines is 1. The highest BCUT2D eigenvalue weighted by atomic mass is 35.5. The zero-order chi connectivity index (χ0) is 27.6. The quantitative estimate of drug-likeness (QED) is 0.284. The molecule has 0 radical (unpaired) electrons. The standard InChI is InChI=1S/C33H37Cl2N3O2/c34-26-8-3-22(4-9-26)32(23-5-10-27(35)11-6-23)25-7-14-30-29(20-25)33(37-36-30)24-15-17-38(18-16-24)28-12-1-21(2-13-28)19-31(39)40/h1-6,8-13,24-25,29-30,32-33,36-37H,7,14-20H2,(H,39,40). The number of nitrogens with zero attached hydrogens (tertiary/aromatic N) is 1. The van der Waals surface area contributed by atoms with Crippen LogP contribution in [0.15, 0.2) is 72.8 Å². The van der Waals surface area contributed by atoms with Crippen molar-refractivity contribution in [1.82, 2.24) is 10.9 Å². The summed E-state index contributed by atoms with van der Waals surface area (Å²) in [5.41, 5.74) is 12.1. The average molecular weight is 579 g/mol. The number of fused-ring (bicyclic) bond motifs is 1. The first-order valence-corrected chi connectivity index (χ1v) is 15.3. The maximum atomic E-state index is 11.0. The highest BCUT2D eigenvalue weighted by Gasteiger charge is 2.45. The number of halogens is 2. The fourth-order valence-electron chi connectivity index (χ4n) is 7.49. The van der Waals surface area contributed by atoms with Crippen LogP contribution in [0.3, 0.4) is 0 Å². The van der Waals surface area contributed by atoms with E-state index < -0.39 is 5.97 Å². The lowest BCUT2D eigenvalue weighted by Gasteiger charge is -2.41. The van der Waals surface area contributed by atoms with Gasteiger partial charge in [0.05, 0.1) is 6.42 Å². The molecule has 4 atom stereocenters. The molecule has 2 saturated heterocycles. The van der Waals surface area contributed by atoms with Crippen molar-refractivity contribution in [2.45, 2.75) is 56.5 Å². The summed E-state index contributed by atoms with van der Waals surface area (Å²) in [6.45, 7) is 2.06. The van der Waals surface area contributed by atoms with Gasteiger partial charge in [-0.15, -0.1) is 0 Å². The number of hydrogen-bond acceptors (Lipinski definition) is 4. The molecule has 3 N–H and O–H groups in total. The van der Waals surface area contributed by atoms with Gasteiger partial charge in [0.15, 0.2) is 0 Å². The van der Waals surface area contributed by atoms with Gasteiger partial charge in [0, 0.05) is 46.8 Å². The maximum absolute atomic E-state index is 11.0. The molecule has 6 rings (SSSR count). The molecule has 4 unspecified atom stereocenters. The molecule has 0 spiro atoms. The van der Waals surface area contributed by atoms with E-state index in [4.69, 9.17) is 28.3 Å². The van der Waals surface area contributed by atoms with Crippen LogP contribution in [-0.2, 0) is 11.2 Å². The van der Waals surface area contributed by atoms with Crippen molar-refractivity contribution in [1.29, 1.82) is 0 Å². The molecule has 0 aromatic heterocycles. The number of aliphatic carboxylic acids is 1. The molecule has 3 aliphatic rings. The SMILES string of the molecule is O=C(O)Cc1ccc(N2CCC(C3NNC4CCC(C(c5ccc(Cl)cc5)c5ccc(Cl)cc5)CC43)CC2)cc1. The fourth-order valence-corrected chi connectivity index (χ4v) is 7.74. The molecule has 0 amide bonds. The van der Waals surface area contributed by atoms with Gasteiger partial charge in [-0.1, -0.05) is 59.6 Å². The van der Waals surface area contributed by atoms with E-state index in [0.717, 1.165) is 41.5 Å². The highest BCUT2D eigenvalue weighted by molar-refractivity contribution is 6.30. The zero-order valence-electron chi connectivity index (χ0n) is 22.6. The molecule has 210 valence electrons. The highest BCUT2D eigenvalue weighted by Crippen LogP contribution is 2.46. The van der Waals surface area contributed by atoms with E-state index in [9.17, 15) is 4.79 Å². The van der Waals surface area contributed by atoms with Crippen molar-refractivity contribution < 1.29 is 9.90 Å². The Kier molecular flexibility index (Phi) is 8.36. The summed E-state index contributed by atoms with van der Waals surface area (Å²) in [4.78, 5) is 13.5. The summed E-state index contributed by atoms with van der Waals surface area (Å²) in [5, 5.41) is 10.6. The fraction of sp³-hybridized carbons (Fsp3) is 0.424. The van der Waals surface area contributed by atoms with E-state index in [1.54, 1.807) is 0 Å². The Morgan fingerprint density at radius 3 is 2.00 bits per heavy atom. The van der Waals surface area contributed by atoms with Crippen LogP contribution in [-0.4, -0.2) is 36.2 Å². The monoisotopic (exact) mass is 577 g/mol. The predicted octanol–water partition coefficient (Wildman–Crippen LogP) is 6.93. The molecule has 3 aromatic rings. The van der Waals surface area contributed by atoms with Crippen LogP contribution in [0.4, 0.5) is 5.69 Å². The molecule has 3 fully saturated rings. The largest absolute Gasteiger partial charge is 0.481 e. The summed E-state index contributed by atoms with van der Waals surface area (Å²) in [7, 11) is 0. The van der Waals surface area contributed by atoms with Gasteiger partial charge in [0.1, 0.15) is 0 Å². The third kappa shape index (κ3) is 6.03. The van der Waals surface area contributed by atoms with Gasteiger partial charge in [0.25, 0.3) is 0 Å². The Morgan fingerprint density at radius 1 is 0.825 bits per heavy atom. The summed E-state index contributed by atoms with van der Waals surface area (Å²) in [6.07, 6.45) is 5.94. The zero-order valence-corrected chi connectivity index (χ0v) is 24.1. The maximum Gasteiger partial charge on any atom is 0.307 e. The number of benzene rings is 3. The second-order valence-corrected chi connectivity index (χ2v) is 12.7. The summed E-state index contributed by atoms with van der Waals surface area (Å²) >= 11 is 12.5. The first-order valence-electron chi connectivity index (χ1n) is 14.5. The Labute approximate surface area is 246 Å². The van der Waals surface area contributed by atoms with E-state index in [0.29, 0.717) is 35.8 Å². The average Bonchev–Trinajstić information content (AvgIpc) is 3.39. The molecule has 5 nitrogen and oxygen atoms in total. The molecule has 3 aromatic carbocycles. The van der Waals surface area contributed by atoms with Gasteiger partial charge in [-0.05, 0) is 103 Å². The normalized spacial score (nSPS) is 25.2. The Hall–Kier alpha value is -2.57. The Bertz CT molecular complexity index is 1250. The first-order chi connectivity index (χ1) is 19.4. The van der Waals surface area contributed by atoms with Crippen LogP contribution < -0.4 is 15.8 Å². The van der Waals surface area contributed by atoms with Crippen LogP contribution in [0.5, 0.6) is 0 Å². The van der Waals surface area contributed by atoms with E-state index in [2.05, 4.69) is 52.1 Å². The molecule has 0 bridgehead atoms. The van der Waals surface area contributed by atoms with E-state index >= 15 is 0 Å². The molecule has 40 heavy (non-hydrogen) atoms. The Balaban J connectivity index is 1.14. The summed E-state index contributed by atoms with van der Waals surface area (Å²) in [5.74, 6) is 1.32. The van der Waals surface area contributed by atoms with Crippen LogP contribution in [0.2, 0.25) is 10.0 Å². The van der Waals surface area contributed by atoms with Crippen LogP contribution >= 0.6 is 23.2 Å². The number of rotatable bonds is 7. The van der Waals surface area contributed by atoms with E-state index in [1.807, 2.05) is 36.4 Å². The molecule has 1 saturated carbocycles. The van der Waals surface area contributed by atoms with Crippen molar-refractivity contribution in [3.8, 4) is 0 Å². The smallest absolute Gasteiger partial charge is 0.307 e. The molecular formula is C33H37Cl2N3O2. The van der Waals surface area contributed by atoms with E-state index in [1.165, 1.54) is 36.1 Å². The van der Waals surface area contributed by atoms with E-state index in [-0.39, 0.29) is 6.42 Å². The van der Waals surface area contributed by atoms with Gasteiger partial charge >= 0.3 is 5.97 Å². The lowest BCUT2D eigenvalue weighted by atomic mass is 9.66. The topological polar surface area (TPSA) is 64.6 Å². The number of carboxylic acids is 1. The number of hydrogen-bond donors (Lipinski definition) is 3. The lowest BCUT2D eigenvalue weighted by Crippen LogP contribution is -2.45. The molecular weight excluding hydrogens is 541 g/mol. The number of nitrogens with one attached hydrogen (secondary N) is 2. The predicted molar refractivity (Wildman–Crippen MR) is 162 cm³/mol. The number of carbonyl (C=O) groups is 1. The second kappa shape index (κ2) is 12.1. The number of carboxylic acid groups (broad SMARTS) is 1. The van der Waals surface area contributed by atoms with Crippen molar-refractivity contribution in [3.05, 3.63) is 99.5 Å². The Morgan fingerprint density at radius 2 is 1.43 bits per heavy atom. The van der Waals surface area contributed by atoms with Crippen LogP contribution in [0, 0.1) is 17.8 Å². The number of hydrazine groups is 1.